The molecule has 148 valence electrons. The Morgan fingerprint density at radius 3 is 2.12 bits per heavy atom. The van der Waals surface area contributed by atoms with Gasteiger partial charge in [0.2, 0.25) is 0 Å². The van der Waals surface area contributed by atoms with Gasteiger partial charge in [0.15, 0.2) is 6.29 Å². The maximum absolute atomic E-state index is 12.7. The number of rotatable bonds is 10. The molecular weight excluding hydrogens is 375 g/mol. The van der Waals surface area contributed by atoms with Crippen LogP contribution in [-0.2, 0) is 19.3 Å². The van der Waals surface area contributed by atoms with Gasteiger partial charge in [-0.3, -0.25) is 0 Å². The molecule has 0 spiro atoms. The predicted molar refractivity (Wildman–Crippen MR) is 91.0 cm³/mol. The number of hydrogen-bond donors (Lipinski definition) is 1. The first-order valence-corrected chi connectivity index (χ1v) is 9.33. The van der Waals surface area contributed by atoms with E-state index in [-0.39, 0.29) is 23.2 Å². The van der Waals surface area contributed by atoms with Gasteiger partial charge >= 0.3 is 5.51 Å². The Labute approximate surface area is 150 Å². The van der Waals surface area contributed by atoms with E-state index in [1.165, 1.54) is 31.4 Å². The van der Waals surface area contributed by atoms with Crippen molar-refractivity contribution in [3.05, 3.63) is 35.2 Å². The highest BCUT2D eigenvalue weighted by Crippen LogP contribution is 2.27. The Bertz CT molecular complexity index is 681. The van der Waals surface area contributed by atoms with Gasteiger partial charge in [-0.25, -0.2) is 8.42 Å². The molecule has 0 radical (unpaired) electrons. The molecule has 0 amide bonds. The molecule has 1 rings (SSSR count). The molecule has 0 saturated carbocycles. The molecule has 0 aliphatic carbocycles. The number of hydrogen-bond acceptors (Lipinski definition) is 6. The molecule has 6 nitrogen and oxygen atoms in total. The fourth-order valence-corrected chi connectivity index (χ4v) is 2.60. The van der Waals surface area contributed by atoms with E-state index < -0.39 is 21.6 Å². The fourth-order valence-electron chi connectivity index (χ4n) is 1.94. The summed E-state index contributed by atoms with van der Waals surface area (Å²) in [5, 5.41) is 2.82. The van der Waals surface area contributed by atoms with Crippen molar-refractivity contribution in [2.24, 2.45) is 0 Å². The van der Waals surface area contributed by atoms with Crippen LogP contribution in [0.2, 0.25) is 0 Å². The van der Waals surface area contributed by atoms with Crippen LogP contribution in [0.5, 0.6) is 5.75 Å². The molecule has 1 aromatic carbocycles. The third-order valence-electron chi connectivity index (χ3n) is 3.16. The first-order chi connectivity index (χ1) is 12.1. The molecule has 0 saturated heterocycles. The lowest BCUT2D eigenvalue weighted by Crippen LogP contribution is -2.31. The van der Waals surface area contributed by atoms with Gasteiger partial charge in [0.25, 0.3) is 9.84 Å². The second kappa shape index (κ2) is 9.79. The molecule has 0 atom stereocenters. The average Bonchev–Trinajstić information content (AvgIpc) is 2.58. The van der Waals surface area contributed by atoms with Gasteiger partial charge < -0.3 is 19.5 Å². The summed E-state index contributed by atoms with van der Waals surface area (Å²) in [5.41, 5.74) is -5.38. The molecule has 0 unspecified atom stereocenters. The van der Waals surface area contributed by atoms with E-state index in [1.807, 2.05) is 0 Å². The van der Waals surface area contributed by atoms with Gasteiger partial charge in [0, 0.05) is 13.2 Å². The van der Waals surface area contributed by atoms with E-state index in [9.17, 15) is 21.6 Å². The summed E-state index contributed by atoms with van der Waals surface area (Å²) < 4.78 is 76.9. The molecule has 0 aliphatic heterocycles. The van der Waals surface area contributed by atoms with E-state index in [0.29, 0.717) is 19.0 Å². The zero-order valence-corrected chi connectivity index (χ0v) is 15.5. The van der Waals surface area contributed by atoms with Crippen LogP contribution in [0.15, 0.2) is 29.7 Å². The summed E-state index contributed by atoms with van der Waals surface area (Å²) >= 11 is 0. The van der Waals surface area contributed by atoms with Gasteiger partial charge in [-0.05, 0) is 43.7 Å². The lowest BCUT2D eigenvalue weighted by molar-refractivity contribution is -0.131. The van der Waals surface area contributed by atoms with Crippen LogP contribution < -0.4 is 10.1 Å². The van der Waals surface area contributed by atoms with Crippen LogP contribution in [0, 0.1) is 0 Å². The summed E-state index contributed by atoms with van der Waals surface area (Å²) in [7, 11) is -4.03. The summed E-state index contributed by atoms with van der Waals surface area (Å²) in [4.78, 5) is 0. The standard InChI is InChI=1S/C16H22F3NO5S/c1-4-24-15(25-5-2)10-20-14(11-26(21,22)16(17,18)19)12-6-8-13(23-3)9-7-12/h6-9,11,15,20H,4-5,10H2,1-3H3. The van der Waals surface area contributed by atoms with Crippen LogP contribution in [0.25, 0.3) is 5.70 Å². The Kier molecular flexibility index (Phi) is 8.38. The second-order valence-electron chi connectivity index (χ2n) is 4.97. The lowest BCUT2D eigenvalue weighted by Gasteiger charge is -2.20. The average molecular weight is 397 g/mol. The zero-order chi connectivity index (χ0) is 19.8. The molecule has 0 aromatic heterocycles. The van der Waals surface area contributed by atoms with Crippen molar-refractivity contribution < 1.29 is 35.8 Å². The fraction of sp³-hybridized carbons (Fsp3) is 0.500. The molecule has 1 N–H and O–H groups in total. The molecule has 1 aromatic rings. The topological polar surface area (TPSA) is 73.9 Å². The van der Waals surface area contributed by atoms with Crippen LogP contribution in [0.4, 0.5) is 13.2 Å². The number of methoxy groups -OCH3 is 1. The summed E-state index contributed by atoms with van der Waals surface area (Å²) in [6, 6.07) is 5.90. The van der Waals surface area contributed by atoms with E-state index in [0.717, 1.165) is 0 Å². The van der Waals surface area contributed by atoms with Crippen molar-refractivity contribution in [1.29, 1.82) is 0 Å². The first-order valence-electron chi connectivity index (χ1n) is 7.79. The number of alkyl halides is 3. The largest absolute Gasteiger partial charge is 0.501 e. The summed E-state index contributed by atoms with van der Waals surface area (Å²) in [6.07, 6.45) is -0.736. The van der Waals surface area contributed by atoms with Crippen molar-refractivity contribution in [2.75, 3.05) is 26.9 Å². The highest BCUT2D eigenvalue weighted by molar-refractivity contribution is 7.95. The number of ether oxygens (including phenoxy) is 3. The van der Waals surface area contributed by atoms with Crippen LogP contribution in [0.1, 0.15) is 19.4 Å². The Morgan fingerprint density at radius 1 is 1.15 bits per heavy atom. The molecular formula is C16H22F3NO5S. The van der Waals surface area contributed by atoms with Crippen molar-refractivity contribution in [1.82, 2.24) is 5.32 Å². The van der Waals surface area contributed by atoms with Gasteiger partial charge in [-0.2, -0.15) is 13.2 Å². The van der Waals surface area contributed by atoms with Crippen molar-refractivity contribution >= 4 is 15.5 Å². The van der Waals surface area contributed by atoms with E-state index >= 15 is 0 Å². The highest BCUT2D eigenvalue weighted by atomic mass is 32.2. The van der Waals surface area contributed by atoms with Crippen LogP contribution in [-0.4, -0.2) is 47.1 Å². The minimum absolute atomic E-state index is 0.0348. The van der Waals surface area contributed by atoms with Crippen LogP contribution >= 0.6 is 0 Å². The van der Waals surface area contributed by atoms with Gasteiger partial charge in [0.1, 0.15) is 5.75 Å². The minimum atomic E-state index is -5.47. The normalized spacial score (nSPS) is 13.1. The smallest absolute Gasteiger partial charge is 0.497 e. The van der Waals surface area contributed by atoms with Crippen LogP contribution in [0.3, 0.4) is 0 Å². The molecule has 0 bridgehead atoms. The maximum atomic E-state index is 12.7. The quantitative estimate of drug-likeness (QED) is 0.612. The predicted octanol–water partition coefficient (Wildman–Crippen LogP) is 2.92. The van der Waals surface area contributed by atoms with E-state index in [4.69, 9.17) is 14.2 Å². The summed E-state index contributed by atoms with van der Waals surface area (Å²) in [6.45, 7) is 4.09. The number of nitrogens with one attached hydrogen (secondary N) is 1. The molecule has 0 fully saturated rings. The molecule has 26 heavy (non-hydrogen) atoms. The molecule has 0 heterocycles. The first kappa shape index (κ1) is 22.3. The van der Waals surface area contributed by atoms with Crippen molar-refractivity contribution in [2.45, 2.75) is 25.6 Å². The molecule has 0 aliphatic rings. The monoisotopic (exact) mass is 397 g/mol. The number of sulfone groups is 1. The Hall–Kier alpha value is -1.78. The highest BCUT2D eigenvalue weighted by Gasteiger charge is 2.44. The van der Waals surface area contributed by atoms with Crippen molar-refractivity contribution in [3.63, 3.8) is 0 Å². The van der Waals surface area contributed by atoms with Gasteiger partial charge in [-0.15, -0.1) is 0 Å². The van der Waals surface area contributed by atoms with E-state index in [1.54, 1.807) is 13.8 Å². The number of benzene rings is 1. The number of halogens is 3. The molecule has 10 heteroatoms. The van der Waals surface area contributed by atoms with Gasteiger partial charge in [-0.1, -0.05) is 0 Å². The van der Waals surface area contributed by atoms with Gasteiger partial charge in [0.05, 0.1) is 24.8 Å². The second-order valence-corrected chi connectivity index (χ2v) is 6.76. The van der Waals surface area contributed by atoms with Crippen molar-refractivity contribution in [3.8, 4) is 5.75 Å². The van der Waals surface area contributed by atoms with E-state index in [2.05, 4.69) is 5.32 Å². The Balaban J connectivity index is 3.16. The lowest BCUT2D eigenvalue weighted by atomic mass is 10.1. The zero-order valence-electron chi connectivity index (χ0n) is 14.7. The maximum Gasteiger partial charge on any atom is 0.501 e. The summed E-state index contributed by atoms with van der Waals surface area (Å²) in [5.74, 6) is 0.480. The SMILES string of the molecule is CCOC(CNC(=CS(=O)(=O)C(F)(F)F)c1ccc(OC)cc1)OCC. The third kappa shape index (κ3) is 6.50. The Morgan fingerprint density at radius 2 is 1.69 bits per heavy atom. The third-order valence-corrected chi connectivity index (χ3v) is 4.35. The minimum Gasteiger partial charge on any atom is -0.497 e.